The Balaban J connectivity index is 2.40. The molecule has 0 saturated heterocycles. The summed E-state index contributed by atoms with van der Waals surface area (Å²) < 4.78 is 26.4. The third kappa shape index (κ3) is 2.20. The second kappa shape index (κ2) is 3.84. The standard InChI is InChI=1S/C9H12N4O2S/c1-7(12-16(2,14)15)9-11-10-8-5-3-4-6-13(8)9/h3-7,12H,1-2H3. The molecule has 0 aliphatic rings. The highest BCUT2D eigenvalue weighted by atomic mass is 32.2. The molecule has 0 aliphatic carbocycles. The second-order valence-corrected chi connectivity index (χ2v) is 5.38. The lowest BCUT2D eigenvalue weighted by atomic mass is 10.3. The summed E-state index contributed by atoms with van der Waals surface area (Å²) in [5.74, 6) is 0.570. The third-order valence-corrected chi connectivity index (χ3v) is 2.90. The van der Waals surface area contributed by atoms with Crippen molar-refractivity contribution < 1.29 is 8.42 Å². The average Bonchev–Trinajstić information content (AvgIpc) is 2.58. The quantitative estimate of drug-likeness (QED) is 0.839. The Morgan fingerprint density at radius 3 is 2.81 bits per heavy atom. The van der Waals surface area contributed by atoms with E-state index in [0.29, 0.717) is 11.5 Å². The van der Waals surface area contributed by atoms with Gasteiger partial charge in [-0.25, -0.2) is 13.1 Å². The van der Waals surface area contributed by atoms with Crippen LogP contribution in [0.25, 0.3) is 5.65 Å². The highest BCUT2D eigenvalue weighted by Gasteiger charge is 2.16. The molecule has 2 aromatic heterocycles. The summed E-state index contributed by atoms with van der Waals surface area (Å²) in [6, 6.07) is 5.09. The molecule has 1 atom stereocenters. The van der Waals surface area contributed by atoms with E-state index in [1.165, 1.54) is 0 Å². The van der Waals surface area contributed by atoms with Crippen molar-refractivity contribution in [3.05, 3.63) is 30.2 Å². The molecule has 2 heterocycles. The lowest BCUT2D eigenvalue weighted by Gasteiger charge is -2.09. The molecule has 0 spiro atoms. The maximum atomic E-state index is 11.1. The van der Waals surface area contributed by atoms with Crippen molar-refractivity contribution in [3.8, 4) is 0 Å². The van der Waals surface area contributed by atoms with E-state index in [2.05, 4.69) is 14.9 Å². The molecular weight excluding hydrogens is 228 g/mol. The van der Waals surface area contributed by atoms with Crippen molar-refractivity contribution in [2.45, 2.75) is 13.0 Å². The van der Waals surface area contributed by atoms with Gasteiger partial charge < -0.3 is 0 Å². The number of pyridine rings is 1. The minimum atomic E-state index is -3.25. The molecular formula is C9H12N4O2S. The molecule has 2 rings (SSSR count). The molecule has 0 radical (unpaired) electrons. The maximum absolute atomic E-state index is 11.1. The summed E-state index contributed by atoms with van der Waals surface area (Å²) in [4.78, 5) is 0. The van der Waals surface area contributed by atoms with Crippen molar-refractivity contribution in [1.82, 2.24) is 19.3 Å². The summed E-state index contributed by atoms with van der Waals surface area (Å²) in [6.45, 7) is 1.73. The van der Waals surface area contributed by atoms with E-state index < -0.39 is 16.1 Å². The Hall–Kier alpha value is -1.47. The van der Waals surface area contributed by atoms with Gasteiger partial charge in [0, 0.05) is 6.20 Å². The first-order valence-corrected chi connectivity index (χ1v) is 6.63. The SMILES string of the molecule is CC(NS(C)(=O)=O)c1nnc2ccccn12. The molecule has 0 saturated carbocycles. The Morgan fingerprint density at radius 1 is 1.38 bits per heavy atom. The summed E-state index contributed by atoms with van der Waals surface area (Å²) in [7, 11) is -3.25. The fourth-order valence-corrected chi connectivity index (χ4v) is 2.28. The van der Waals surface area contributed by atoms with Crippen LogP contribution in [0.15, 0.2) is 24.4 Å². The first-order valence-electron chi connectivity index (χ1n) is 4.74. The minimum Gasteiger partial charge on any atom is -0.285 e. The highest BCUT2D eigenvalue weighted by Crippen LogP contribution is 2.12. The van der Waals surface area contributed by atoms with E-state index in [9.17, 15) is 8.42 Å². The molecule has 2 aromatic rings. The Labute approximate surface area is 93.4 Å². The van der Waals surface area contributed by atoms with Crippen molar-refractivity contribution >= 4 is 15.7 Å². The van der Waals surface area contributed by atoms with Crippen LogP contribution in [-0.4, -0.2) is 29.3 Å². The summed E-state index contributed by atoms with van der Waals surface area (Å²) in [6.07, 6.45) is 2.91. The van der Waals surface area contributed by atoms with E-state index in [0.717, 1.165) is 6.26 Å². The smallest absolute Gasteiger partial charge is 0.209 e. The Kier molecular flexibility index (Phi) is 2.64. The van der Waals surface area contributed by atoms with Gasteiger partial charge in [0.05, 0.1) is 12.3 Å². The number of nitrogens with one attached hydrogen (secondary N) is 1. The summed E-state index contributed by atoms with van der Waals surface area (Å²) >= 11 is 0. The van der Waals surface area contributed by atoms with Crippen LogP contribution in [0.4, 0.5) is 0 Å². The van der Waals surface area contributed by atoms with Gasteiger partial charge in [-0.2, -0.15) is 0 Å². The number of rotatable bonds is 3. The van der Waals surface area contributed by atoms with Crippen LogP contribution >= 0.6 is 0 Å². The molecule has 0 aliphatic heterocycles. The lowest BCUT2D eigenvalue weighted by Crippen LogP contribution is -2.26. The van der Waals surface area contributed by atoms with Crippen molar-refractivity contribution in [2.24, 2.45) is 0 Å². The van der Waals surface area contributed by atoms with Gasteiger partial charge in [0.2, 0.25) is 10.0 Å². The highest BCUT2D eigenvalue weighted by molar-refractivity contribution is 7.88. The van der Waals surface area contributed by atoms with Gasteiger partial charge in [-0.1, -0.05) is 6.07 Å². The van der Waals surface area contributed by atoms with Crippen molar-refractivity contribution in [1.29, 1.82) is 0 Å². The zero-order valence-corrected chi connectivity index (χ0v) is 9.77. The van der Waals surface area contributed by atoms with E-state index >= 15 is 0 Å². The van der Waals surface area contributed by atoms with E-state index in [-0.39, 0.29) is 0 Å². The van der Waals surface area contributed by atoms with Gasteiger partial charge in [0.1, 0.15) is 0 Å². The van der Waals surface area contributed by atoms with Crippen molar-refractivity contribution in [3.63, 3.8) is 0 Å². The topological polar surface area (TPSA) is 76.4 Å². The largest absolute Gasteiger partial charge is 0.285 e. The number of hydrogen-bond acceptors (Lipinski definition) is 4. The van der Waals surface area contributed by atoms with Gasteiger partial charge in [-0.3, -0.25) is 4.40 Å². The van der Waals surface area contributed by atoms with E-state index in [1.54, 1.807) is 17.5 Å². The van der Waals surface area contributed by atoms with Crippen LogP contribution in [0.5, 0.6) is 0 Å². The number of aromatic nitrogens is 3. The maximum Gasteiger partial charge on any atom is 0.209 e. The van der Waals surface area contributed by atoms with Gasteiger partial charge in [-0.15, -0.1) is 10.2 Å². The average molecular weight is 240 g/mol. The van der Waals surface area contributed by atoms with Crippen LogP contribution in [-0.2, 0) is 10.0 Å². The molecule has 0 bridgehead atoms. The molecule has 1 unspecified atom stereocenters. The van der Waals surface area contributed by atoms with Crippen molar-refractivity contribution in [2.75, 3.05) is 6.26 Å². The fourth-order valence-electron chi connectivity index (χ4n) is 1.53. The lowest BCUT2D eigenvalue weighted by molar-refractivity contribution is 0.564. The van der Waals surface area contributed by atoms with Crippen LogP contribution < -0.4 is 4.72 Å². The third-order valence-electron chi connectivity index (χ3n) is 2.12. The Morgan fingerprint density at radius 2 is 2.12 bits per heavy atom. The van der Waals surface area contributed by atoms with E-state index in [1.807, 2.05) is 18.2 Å². The monoisotopic (exact) mass is 240 g/mol. The Bertz CT molecular complexity index is 605. The molecule has 0 fully saturated rings. The van der Waals surface area contributed by atoms with Crippen LogP contribution in [0.1, 0.15) is 18.8 Å². The van der Waals surface area contributed by atoms with E-state index in [4.69, 9.17) is 0 Å². The first-order chi connectivity index (χ1) is 7.47. The second-order valence-electron chi connectivity index (χ2n) is 3.60. The normalized spacial score (nSPS) is 14.1. The molecule has 86 valence electrons. The van der Waals surface area contributed by atoms with Crippen LogP contribution in [0, 0.1) is 0 Å². The van der Waals surface area contributed by atoms with Gasteiger partial charge >= 0.3 is 0 Å². The predicted molar refractivity (Wildman–Crippen MR) is 59.4 cm³/mol. The summed E-state index contributed by atoms with van der Waals surface area (Å²) in [5, 5.41) is 7.91. The first kappa shape index (κ1) is 11.0. The van der Waals surface area contributed by atoms with Gasteiger partial charge in [-0.05, 0) is 19.1 Å². The minimum absolute atomic E-state index is 0.410. The molecule has 0 aromatic carbocycles. The molecule has 6 nitrogen and oxygen atoms in total. The fraction of sp³-hybridized carbons (Fsp3) is 0.333. The van der Waals surface area contributed by atoms with Gasteiger partial charge in [0.25, 0.3) is 0 Å². The molecule has 0 amide bonds. The summed E-state index contributed by atoms with van der Waals surface area (Å²) in [5.41, 5.74) is 0.694. The van der Waals surface area contributed by atoms with Gasteiger partial charge in [0.15, 0.2) is 11.5 Å². The number of sulfonamides is 1. The number of fused-ring (bicyclic) bond motifs is 1. The molecule has 16 heavy (non-hydrogen) atoms. The molecule has 7 heteroatoms. The van der Waals surface area contributed by atoms with Crippen LogP contribution in [0.3, 0.4) is 0 Å². The number of hydrogen-bond donors (Lipinski definition) is 1. The zero-order valence-electron chi connectivity index (χ0n) is 8.95. The zero-order chi connectivity index (χ0) is 11.8. The molecule has 1 N–H and O–H groups in total. The van der Waals surface area contributed by atoms with Crippen LogP contribution in [0.2, 0.25) is 0 Å². The predicted octanol–water partition coefficient (Wildman–Crippen LogP) is 0.339. The number of nitrogens with zero attached hydrogens (tertiary/aromatic N) is 3.